The van der Waals surface area contributed by atoms with Crippen molar-refractivity contribution in [3.8, 4) is 11.5 Å². The molecule has 182 valence electrons. The monoisotopic (exact) mass is 479 g/mol. The Morgan fingerprint density at radius 3 is 2.39 bits per heavy atom. The smallest absolute Gasteiger partial charge is 0.269 e. The molecule has 1 amide bonds. The third-order valence-electron chi connectivity index (χ3n) is 6.44. The van der Waals surface area contributed by atoms with E-state index in [9.17, 15) is 4.79 Å². The predicted molar refractivity (Wildman–Crippen MR) is 143 cm³/mol. The Morgan fingerprint density at radius 2 is 1.58 bits per heavy atom. The summed E-state index contributed by atoms with van der Waals surface area (Å²) in [7, 11) is 3.23. The zero-order chi connectivity index (χ0) is 24.9. The Morgan fingerprint density at radius 1 is 0.806 bits per heavy atom. The first-order chi connectivity index (χ1) is 17.7. The molecule has 6 heteroatoms. The number of hydrogen-bond acceptors (Lipinski definition) is 4. The quantitative estimate of drug-likeness (QED) is 0.293. The molecule has 0 bridgehead atoms. The molecule has 0 spiro atoms. The molecule has 3 aromatic carbocycles. The highest BCUT2D eigenvalue weighted by atomic mass is 16.5. The number of pyridine rings is 1. The van der Waals surface area contributed by atoms with E-state index in [4.69, 9.17) is 14.5 Å². The largest absolute Gasteiger partial charge is 0.493 e. The molecule has 2 aromatic heterocycles. The molecule has 0 aliphatic carbocycles. The molecule has 0 saturated heterocycles. The van der Waals surface area contributed by atoms with Gasteiger partial charge in [-0.3, -0.25) is 4.79 Å². The van der Waals surface area contributed by atoms with Crippen molar-refractivity contribution in [2.24, 2.45) is 0 Å². The van der Waals surface area contributed by atoms with Crippen LogP contribution in [0.2, 0.25) is 0 Å². The van der Waals surface area contributed by atoms with E-state index in [1.807, 2.05) is 54.6 Å². The van der Waals surface area contributed by atoms with Crippen LogP contribution in [0.15, 0.2) is 78.9 Å². The summed E-state index contributed by atoms with van der Waals surface area (Å²) in [6.07, 6.45) is 2.26. The van der Waals surface area contributed by atoms with Crippen molar-refractivity contribution in [2.45, 2.75) is 19.3 Å². The molecule has 5 aromatic rings. The van der Waals surface area contributed by atoms with Gasteiger partial charge in [-0.2, -0.15) is 0 Å². The van der Waals surface area contributed by atoms with Gasteiger partial charge in [-0.1, -0.05) is 54.6 Å². The molecule has 0 unspecified atom stereocenters. The van der Waals surface area contributed by atoms with Crippen molar-refractivity contribution in [1.82, 2.24) is 15.3 Å². The maximum Gasteiger partial charge on any atom is 0.269 e. The molecule has 5 rings (SSSR count). The second kappa shape index (κ2) is 10.5. The van der Waals surface area contributed by atoms with Crippen LogP contribution in [0.4, 0.5) is 0 Å². The lowest BCUT2D eigenvalue weighted by molar-refractivity contribution is 0.0949. The molecule has 0 saturated carbocycles. The highest BCUT2D eigenvalue weighted by Gasteiger charge is 2.16. The van der Waals surface area contributed by atoms with Gasteiger partial charge in [0.25, 0.3) is 5.91 Å². The molecular weight excluding hydrogens is 450 g/mol. The van der Waals surface area contributed by atoms with Crippen molar-refractivity contribution in [1.29, 1.82) is 0 Å². The normalized spacial score (nSPS) is 11.1. The van der Waals surface area contributed by atoms with E-state index in [-0.39, 0.29) is 5.91 Å². The molecular formula is C30H29N3O3. The number of nitrogens with one attached hydrogen (secondary N) is 2. The Labute approximate surface area is 210 Å². The molecule has 0 radical (unpaired) electrons. The number of hydrogen-bond donors (Lipinski definition) is 2. The fourth-order valence-electron chi connectivity index (χ4n) is 4.56. The van der Waals surface area contributed by atoms with Crippen molar-refractivity contribution in [3.63, 3.8) is 0 Å². The highest BCUT2D eigenvalue weighted by molar-refractivity contribution is 6.10. The summed E-state index contributed by atoms with van der Waals surface area (Å²) >= 11 is 0. The average Bonchev–Trinajstić information content (AvgIpc) is 3.31. The summed E-state index contributed by atoms with van der Waals surface area (Å²) in [5.41, 5.74) is 5.67. The Kier molecular flexibility index (Phi) is 6.85. The molecule has 2 heterocycles. The summed E-state index contributed by atoms with van der Waals surface area (Å²) in [6, 6.07) is 26.2. The number of methoxy groups -OCH3 is 2. The summed E-state index contributed by atoms with van der Waals surface area (Å²) in [5, 5.41) is 5.15. The molecule has 0 aliphatic rings. The van der Waals surface area contributed by atoms with Gasteiger partial charge in [-0.15, -0.1) is 0 Å². The van der Waals surface area contributed by atoms with Crippen LogP contribution in [-0.4, -0.2) is 36.6 Å². The first-order valence-corrected chi connectivity index (χ1v) is 12.1. The zero-order valence-electron chi connectivity index (χ0n) is 20.5. The highest BCUT2D eigenvalue weighted by Crippen LogP contribution is 2.29. The van der Waals surface area contributed by atoms with Crippen LogP contribution < -0.4 is 14.8 Å². The van der Waals surface area contributed by atoms with E-state index >= 15 is 0 Å². The number of carbonyl (C=O) groups is 1. The third-order valence-corrected chi connectivity index (χ3v) is 6.44. The standard InChI is InChI=1S/C30H29N3O3/c1-35-27-15-13-21(18-28(27)36-2)16-17-31-30(34)26-19-23-22-10-6-7-11-24(22)33-29(23)25(32-26)14-12-20-8-4-3-5-9-20/h3-11,13,15,18-19,33H,12,14,16-17H2,1-2H3,(H,31,34). The van der Waals surface area contributed by atoms with Crippen LogP contribution in [-0.2, 0) is 19.3 Å². The molecule has 36 heavy (non-hydrogen) atoms. The molecule has 6 nitrogen and oxygen atoms in total. The molecule has 2 N–H and O–H groups in total. The van der Waals surface area contributed by atoms with E-state index in [1.54, 1.807) is 14.2 Å². The van der Waals surface area contributed by atoms with Crippen LogP contribution in [0.25, 0.3) is 21.8 Å². The van der Waals surface area contributed by atoms with Gasteiger partial charge < -0.3 is 19.8 Å². The number of carbonyl (C=O) groups excluding carboxylic acids is 1. The van der Waals surface area contributed by atoms with Gasteiger partial charge >= 0.3 is 0 Å². The third kappa shape index (κ3) is 4.89. The maximum absolute atomic E-state index is 13.2. The topological polar surface area (TPSA) is 76.2 Å². The number of amides is 1. The number of benzene rings is 3. The number of nitrogens with zero attached hydrogens (tertiary/aromatic N) is 1. The van der Waals surface area contributed by atoms with Gasteiger partial charge in [0, 0.05) is 22.8 Å². The maximum atomic E-state index is 13.2. The van der Waals surface area contributed by atoms with E-state index in [0.717, 1.165) is 45.9 Å². The Bertz CT molecular complexity index is 1510. The minimum absolute atomic E-state index is 0.177. The van der Waals surface area contributed by atoms with Crippen molar-refractivity contribution in [2.75, 3.05) is 20.8 Å². The van der Waals surface area contributed by atoms with E-state index in [1.165, 1.54) is 5.56 Å². The summed E-state index contributed by atoms with van der Waals surface area (Å²) in [5.74, 6) is 1.18. The number of ether oxygens (including phenoxy) is 2. The fourth-order valence-corrected chi connectivity index (χ4v) is 4.56. The van der Waals surface area contributed by atoms with Crippen molar-refractivity contribution in [3.05, 3.63) is 101 Å². The van der Waals surface area contributed by atoms with Crippen LogP contribution in [0.1, 0.15) is 27.3 Å². The first kappa shape index (κ1) is 23.4. The van der Waals surface area contributed by atoms with E-state index in [0.29, 0.717) is 30.2 Å². The van der Waals surface area contributed by atoms with Crippen LogP contribution in [0.3, 0.4) is 0 Å². The summed E-state index contributed by atoms with van der Waals surface area (Å²) in [6.45, 7) is 0.487. The van der Waals surface area contributed by atoms with Gasteiger partial charge in [-0.25, -0.2) is 4.98 Å². The van der Waals surface area contributed by atoms with Crippen LogP contribution >= 0.6 is 0 Å². The molecule has 0 aliphatic heterocycles. The van der Waals surface area contributed by atoms with Crippen LogP contribution in [0, 0.1) is 0 Å². The number of aromatic amines is 1. The number of rotatable bonds is 9. The summed E-state index contributed by atoms with van der Waals surface area (Å²) < 4.78 is 10.7. The van der Waals surface area contributed by atoms with Gasteiger partial charge in [-0.05, 0) is 54.7 Å². The minimum atomic E-state index is -0.177. The van der Waals surface area contributed by atoms with Gasteiger partial charge in [0.1, 0.15) is 5.69 Å². The lowest BCUT2D eigenvalue weighted by atomic mass is 10.1. The van der Waals surface area contributed by atoms with Gasteiger partial charge in [0.05, 0.1) is 25.4 Å². The fraction of sp³-hybridized carbons (Fsp3) is 0.200. The number of para-hydroxylation sites is 1. The minimum Gasteiger partial charge on any atom is -0.493 e. The predicted octanol–water partition coefficient (Wildman–Crippen LogP) is 5.49. The first-order valence-electron chi connectivity index (χ1n) is 12.1. The lowest BCUT2D eigenvalue weighted by Gasteiger charge is -2.11. The van der Waals surface area contributed by atoms with Crippen molar-refractivity contribution < 1.29 is 14.3 Å². The average molecular weight is 480 g/mol. The number of fused-ring (bicyclic) bond motifs is 3. The van der Waals surface area contributed by atoms with Crippen molar-refractivity contribution >= 4 is 27.7 Å². The number of aromatic nitrogens is 2. The second-order valence-corrected chi connectivity index (χ2v) is 8.73. The Balaban J connectivity index is 1.38. The van der Waals surface area contributed by atoms with Gasteiger partial charge in [0.15, 0.2) is 11.5 Å². The lowest BCUT2D eigenvalue weighted by Crippen LogP contribution is -2.27. The number of aryl methyl sites for hydroxylation is 2. The number of H-pyrrole nitrogens is 1. The summed E-state index contributed by atoms with van der Waals surface area (Å²) in [4.78, 5) is 21.5. The SMILES string of the molecule is COc1ccc(CCNC(=O)c2cc3c([nH]c4ccccc43)c(CCc3ccccc3)n2)cc1OC. The van der Waals surface area contributed by atoms with E-state index in [2.05, 4.69) is 34.6 Å². The second-order valence-electron chi connectivity index (χ2n) is 8.73. The molecule has 0 atom stereocenters. The van der Waals surface area contributed by atoms with E-state index < -0.39 is 0 Å². The molecule has 0 fully saturated rings. The van der Waals surface area contributed by atoms with Gasteiger partial charge in [0.2, 0.25) is 0 Å². The zero-order valence-corrected chi connectivity index (χ0v) is 20.5. The van der Waals surface area contributed by atoms with Crippen LogP contribution in [0.5, 0.6) is 11.5 Å². The Hall–Kier alpha value is -4.32.